The average Bonchev–Trinajstić information content (AvgIpc) is 4.13. The number of halogens is 1. The highest BCUT2D eigenvalue weighted by Crippen LogP contribution is 2.24. The first-order valence-corrected chi connectivity index (χ1v) is 26.1. The zero-order valence-electron chi connectivity index (χ0n) is 42.1. The molecule has 0 aliphatic carbocycles. The number of thiazole rings is 1. The van der Waals surface area contributed by atoms with Crippen molar-refractivity contribution in [3.63, 3.8) is 0 Å². The summed E-state index contributed by atoms with van der Waals surface area (Å²) >= 11 is 4.46. The molecule has 0 aliphatic rings. The summed E-state index contributed by atoms with van der Waals surface area (Å²) in [5, 5.41) is 18.0. The van der Waals surface area contributed by atoms with E-state index in [9.17, 15) is 33.6 Å². The molecule has 0 radical (unpaired) electrons. The van der Waals surface area contributed by atoms with Crippen LogP contribution in [0.4, 0.5) is 5.13 Å². The van der Waals surface area contributed by atoms with E-state index < -0.39 is 77.6 Å². The molecule has 0 saturated heterocycles. The summed E-state index contributed by atoms with van der Waals surface area (Å²) in [4.78, 5) is 120. The van der Waals surface area contributed by atoms with E-state index in [1.165, 1.54) is 6.20 Å². The van der Waals surface area contributed by atoms with Crippen LogP contribution in [0.25, 0.3) is 21.8 Å². The van der Waals surface area contributed by atoms with Gasteiger partial charge >= 0.3 is 0 Å². The van der Waals surface area contributed by atoms with Gasteiger partial charge in [0.05, 0.1) is 16.0 Å². The second-order valence-corrected chi connectivity index (χ2v) is 20.3. The molecule has 0 spiro atoms. The fourth-order valence-corrected chi connectivity index (χ4v) is 9.20. The molecule has 0 saturated carbocycles. The molecule has 414 valence electrons. The third-order valence-electron chi connectivity index (χ3n) is 12.0. The van der Waals surface area contributed by atoms with Crippen LogP contribution < -0.4 is 77.8 Å². The van der Waals surface area contributed by atoms with Gasteiger partial charge in [0.15, 0.2) is 23.0 Å². The van der Waals surface area contributed by atoms with Gasteiger partial charge in [-0.2, -0.15) is 0 Å². The lowest BCUT2D eigenvalue weighted by Gasteiger charge is -2.27. The van der Waals surface area contributed by atoms with Crippen molar-refractivity contribution < 1.29 is 33.6 Å². The summed E-state index contributed by atoms with van der Waals surface area (Å²) in [5.74, 6) is -5.91. The number of carbonyl (C=O) groups is 7. The van der Waals surface area contributed by atoms with E-state index >= 15 is 0 Å². The molecular weight excluding hydrogens is 1080 g/mol. The Morgan fingerprint density at radius 1 is 0.558 bits per heavy atom. The molecule has 5 rings (SSSR count). The van der Waals surface area contributed by atoms with Gasteiger partial charge in [-0.05, 0) is 84.1 Å². The highest BCUT2D eigenvalue weighted by atomic mass is 79.9. The standard InChI is InChI=1S/C48H67BrN20O7S/c49-37-24-63-48(77-37)69-38(70)16-15-34(42(74)68-35(20-25-22-61-30-11-3-1-8-27(25)30)43(75)64-32(39(51)71)13-6-18-59-46(54)55)66-44(76)36(21-26-23-62-31-12-4-2-9-28(26)31)67-41(73)33(14-7-19-60-47(56)57)65-40(72)29(50)10-5-17-58-45(52)53/h1-4,8-9,11-12,22-24,29,32-36,61-62H,5-7,10,13-21,50H2,(H2,51,71)(H,64,75)(H,65,72)(H,66,76)(H,67,73)(H,68,74)(H4,52,53,58)(H4,54,55,59)(H4,56,57,60)(H,63,69,70)/t29-,32-,33-,34-,35-,36-/m0/s1. The molecule has 24 N–H and O–H groups in total. The highest BCUT2D eigenvalue weighted by molar-refractivity contribution is 9.11. The van der Waals surface area contributed by atoms with E-state index in [0.717, 1.165) is 33.1 Å². The Bertz CT molecular complexity index is 2930. The normalized spacial score (nSPS) is 13.4. The van der Waals surface area contributed by atoms with E-state index in [-0.39, 0.29) is 100 Å². The number of benzene rings is 2. The highest BCUT2D eigenvalue weighted by Gasteiger charge is 2.34. The number of amides is 7. The van der Waals surface area contributed by atoms with Crippen LogP contribution in [-0.4, -0.2) is 130 Å². The first-order chi connectivity index (χ1) is 36.8. The number of nitrogens with one attached hydrogen (secondary N) is 8. The zero-order chi connectivity index (χ0) is 56.0. The van der Waals surface area contributed by atoms with E-state index in [4.69, 9.17) is 45.9 Å². The van der Waals surface area contributed by atoms with Crippen molar-refractivity contribution in [2.24, 2.45) is 60.8 Å². The number of nitrogens with two attached hydrogens (primary N) is 8. The van der Waals surface area contributed by atoms with Crippen LogP contribution in [0, 0.1) is 0 Å². The number of aromatic amines is 2. The Balaban J connectivity index is 1.48. The van der Waals surface area contributed by atoms with E-state index in [0.29, 0.717) is 21.3 Å². The molecule has 7 amide bonds. The summed E-state index contributed by atoms with van der Waals surface area (Å²) in [6.45, 7) is 0.442. The van der Waals surface area contributed by atoms with Crippen LogP contribution in [0.3, 0.4) is 0 Å². The summed E-state index contributed by atoms with van der Waals surface area (Å²) in [7, 11) is 0. The molecule has 77 heavy (non-hydrogen) atoms. The quantitative estimate of drug-likeness (QED) is 0.0136. The topological polar surface area (TPSA) is 481 Å². The molecule has 0 fully saturated rings. The van der Waals surface area contributed by atoms with Crippen LogP contribution in [0.1, 0.15) is 62.5 Å². The molecule has 2 aromatic carbocycles. The number of fused-ring (bicyclic) bond motifs is 2. The van der Waals surface area contributed by atoms with E-state index in [1.807, 2.05) is 36.4 Å². The number of H-pyrrole nitrogens is 2. The van der Waals surface area contributed by atoms with Crippen LogP contribution in [0.5, 0.6) is 0 Å². The lowest BCUT2D eigenvalue weighted by Crippen LogP contribution is -2.60. The number of aromatic nitrogens is 3. The van der Waals surface area contributed by atoms with Crippen LogP contribution in [-0.2, 0) is 46.4 Å². The molecule has 0 aliphatic heterocycles. The van der Waals surface area contributed by atoms with Crippen LogP contribution in [0.2, 0.25) is 0 Å². The predicted molar refractivity (Wildman–Crippen MR) is 298 cm³/mol. The summed E-state index contributed by atoms with van der Waals surface area (Å²) in [6, 6.07) is 6.60. The second kappa shape index (κ2) is 29.7. The van der Waals surface area contributed by atoms with Gasteiger partial charge in [-0.1, -0.05) is 47.7 Å². The first-order valence-electron chi connectivity index (χ1n) is 24.5. The minimum Gasteiger partial charge on any atom is -0.370 e. The van der Waals surface area contributed by atoms with Crippen LogP contribution in [0.15, 0.2) is 85.9 Å². The predicted octanol–water partition coefficient (Wildman–Crippen LogP) is -1.53. The van der Waals surface area contributed by atoms with Gasteiger partial charge in [0, 0.05) is 73.1 Å². The van der Waals surface area contributed by atoms with Gasteiger partial charge in [-0.3, -0.25) is 48.5 Å². The Kier molecular flexibility index (Phi) is 23.0. The monoisotopic (exact) mass is 1150 g/mol. The number of hydrogen-bond donors (Lipinski definition) is 16. The number of nitrogens with zero attached hydrogens (tertiary/aromatic N) is 4. The number of carbonyl (C=O) groups excluding carboxylic acids is 7. The Morgan fingerprint density at radius 3 is 1.44 bits per heavy atom. The molecule has 6 atom stereocenters. The number of anilines is 1. The summed E-state index contributed by atoms with van der Waals surface area (Å²) in [6.07, 6.45) is 4.95. The molecule has 3 aromatic heterocycles. The van der Waals surface area contributed by atoms with Gasteiger partial charge in [0.1, 0.15) is 30.2 Å². The number of aliphatic imine (C=N–C) groups is 3. The first kappa shape index (κ1) is 59.6. The number of para-hydroxylation sites is 2. The largest absolute Gasteiger partial charge is 0.370 e. The Labute approximate surface area is 454 Å². The molecule has 3 heterocycles. The lowest BCUT2D eigenvalue weighted by molar-refractivity contribution is -0.135. The minimum atomic E-state index is -1.55. The van der Waals surface area contributed by atoms with Crippen molar-refractivity contribution in [3.8, 4) is 0 Å². The van der Waals surface area contributed by atoms with Crippen molar-refractivity contribution in [1.82, 2.24) is 41.5 Å². The third kappa shape index (κ3) is 19.4. The molecular formula is C48H67BrN20O7S. The van der Waals surface area contributed by atoms with E-state index in [2.05, 4.69) is 77.8 Å². The maximum atomic E-state index is 14.9. The van der Waals surface area contributed by atoms with Crippen molar-refractivity contribution in [1.29, 1.82) is 0 Å². The van der Waals surface area contributed by atoms with Gasteiger partial charge < -0.3 is 87.7 Å². The van der Waals surface area contributed by atoms with Gasteiger partial charge in [0.2, 0.25) is 41.4 Å². The fraction of sp³-hybridized carbons (Fsp3) is 0.396. The molecule has 0 bridgehead atoms. The third-order valence-corrected chi connectivity index (χ3v) is 13.4. The molecule has 5 aromatic rings. The minimum absolute atomic E-state index is 0.000923. The number of guanidine groups is 3. The summed E-state index contributed by atoms with van der Waals surface area (Å²) < 4.78 is 0.644. The molecule has 29 heteroatoms. The lowest BCUT2D eigenvalue weighted by atomic mass is 10.0. The molecule has 0 unspecified atom stereocenters. The smallest absolute Gasteiger partial charge is 0.243 e. The fourth-order valence-electron chi connectivity index (χ4n) is 8.08. The van der Waals surface area contributed by atoms with Gasteiger partial charge in [0.25, 0.3) is 0 Å². The average molecular weight is 1150 g/mol. The summed E-state index contributed by atoms with van der Waals surface area (Å²) in [5.41, 5.74) is 47.5. The van der Waals surface area contributed by atoms with Gasteiger partial charge in [-0.25, -0.2) is 4.98 Å². The van der Waals surface area contributed by atoms with Crippen LogP contribution >= 0.6 is 27.3 Å². The van der Waals surface area contributed by atoms with Gasteiger partial charge in [-0.15, -0.1) is 0 Å². The SMILES string of the molecule is NC(=O)[C@H](CCCN=C(N)N)NC(=O)[C@H](Cc1c[nH]c2ccccc12)NC(=O)[C@H](CCC(=O)Nc1ncc(Br)s1)NC(=O)[C@H](Cc1c[nH]c2ccccc12)NC(=O)[C@H](CCCN=C(N)N)NC(=O)[C@@H](N)CCCN=C(N)N. The second-order valence-electron chi connectivity index (χ2n) is 17.8. The number of primary amides is 1. The molecule has 27 nitrogen and oxygen atoms in total. The Morgan fingerprint density at radius 2 is 0.974 bits per heavy atom. The maximum Gasteiger partial charge on any atom is 0.243 e. The van der Waals surface area contributed by atoms with Crippen molar-refractivity contribution in [3.05, 3.63) is 82.0 Å². The van der Waals surface area contributed by atoms with Crippen molar-refractivity contribution in [2.45, 2.75) is 100 Å². The van der Waals surface area contributed by atoms with Crippen molar-refractivity contribution in [2.75, 3.05) is 25.0 Å². The maximum absolute atomic E-state index is 14.9. The van der Waals surface area contributed by atoms with Crippen molar-refractivity contribution >= 4 is 113 Å². The Hall–Kier alpha value is -8.31. The number of rotatable bonds is 31. The zero-order valence-corrected chi connectivity index (χ0v) is 44.5. The number of hydrogen-bond acceptors (Lipinski definition) is 13. The van der Waals surface area contributed by atoms with E-state index in [1.54, 1.807) is 24.5 Å².